The lowest BCUT2D eigenvalue weighted by Gasteiger charge is -2.29. The summed E-state index contributed by atoms with van der Waals surface area (Å²) in [5.41, 5.74) is 1.71. The number of ether oxygens (including phenoxy) is 1. The number of carbonyl (C=O) groups is 2. The van der Waals surface area contributed by atoms with Crippen LogP contribution in [0.15, 0.2) is 24.3 Å². The van der Waals surface area contributed by atoms with E-state index in [1.807, 2.05) is 24.3 Å². The second kappa shape index (κ2) is 7.21. The van der Waals surface area contributed by atoms with Gasteiger partial charge in [-0.05, 0) is 37.1 Å². The topological polar surface area (TPSA) is 70.1 Å². The van der Waals surface area contributed by atoms with Crippen LogP contribution in [-0.2, 0) is 9.53 Å². The van der Waals surface area contributed by atoms with Crippen molar-refractivity contribution in [1.29, 1.82) is 0 Å². The summed E-state index contributed by atoms with van der Waals surface area (Å²) in [5.74, 6) is -1.49. The van der Waals surface area contributed by atoms with Crippen molar-refractivity contribution < 1.29 is 19.4 Å². The molecule has 130 valence electrons. The molecule has 24 heavy (non-hydrogen) atoms. The summed E-state index contributed by atoms with van der Waals surface area (Å²) >= 11 is 0. The van der Waals surface area contributed by atoms with Crippen LogP contribution >= 0.6 is 0 Å². The van der Waals surface area contributed by atoms with E-state index >= 15 is 0 Å². The molecule has 1 unspecified atom stereocenters. The third kappa shape index (κ3) is 3.87. The number of carboxylic acids is 1. The number of anilines is 1. The molecule has 1 atom stereocenters. The Kier molecular flexibility index (Phi) is 5.04. The molecule has 1 saturated heterocycles. The maximum absolute atomic E-state index is 12.8. The van der Waals surface area contributed by atoms with E-state index in [1.54, 1.807) is 11.8 Å². The number of morpholine rings is 1. The van der Waals surface area contributed by atoms with Crippen LogP contribution in [0.2, 0.25) is 0 Å². The fraction of sp³-hybridized carbons (Fsp3) is 0.556. The van der Waals surface area contributed by atoms with Gasteiger partial charge in [-0.2, -0.15) is 0 Å². The van der Waals surface area contributed by atoms with E-state index in [4.69, 9.17) is 9.84 Å². The number of carbonyl (C=O) groups excluding carboxylic acids is 1. The molecule has 0 radical (unpaired) electrons. The van der Waals surface area contributed by atoms with Gasteiger partial charge in [0.1, 0.15) is 0 Å². The fourth-order valence-corrected chi connectivity index (χ4v) is 2.96. The zero-order chi connectivity index (χ0) is 17.1. The molecule has 3 rings (SSSR count). The van der Waals surface area contributed by atoms with Crippen LogP contribution in [-0.4, -0.2) is 60.8 Å². The zero-order valence-electron chi connectivity index (χ0n) is 14.0. The molecule has 1 aromatic rings. The van der Waals surface area contributed by atoms with Crippen LogP contribution in [0.1, 0.15) is 30.1 Å². The largest absolute Gasteiger partial charge is 0.481 e. The monoisotopic (exact) mass is 332 g/mol. The second-order valence-electron chi connectivity index (χ2n) is 6.57. The van der Waals surface area contributed by atoms with Crippen molar-refractivity contribution in [3.63, 3.8) is 0 Å². The highest BCUT2D eigenvalue weighted by Crippen LogP contribution is 2.29. The summed E-state index contributed by atoms with van der Waals surface area (Å²) in [7, 11) is 0. The first-order valence-electron chi connectivity index (χ1n) is 8.53. The van der Waals surface area contributed by atoms with Crippen molar-refractivity contribution in [2.75, 3.05) is 37.7 Å². The average molecular weight is 332 g/mol. The first-order chi connectivity index (χ1) is 11.6. The second-order valence-corrected chi connectivity index (χ2v) is 6.57. The van der Waals surface area contributed by atoms with Crippen molar-refractivity contribution in [2.45, 2.75) is 25.8 Å². The third-order valence-corrected chi connectivity index (χ3v) is 4.63. The van der Waals surface area contributed by atoms with Gasteiger partial charge in [0.15, 0.2) is 0 Å². The Bertz CT molecular complexity index is 592. The van der Waals surface area contributed by atoms with E-state index in [9.17, 15) is 9.59 Å². The standard InChI is InChI=1S/C18H24N2O4/c1-13(18(22)23)12-20(16-6-7-16)17(21)14-2-4-15(5-3-14)19-8-10-24-11-9-19/h2-5,13,16H,6-12H2,1H3,(H,22,23). The molecule has 1 amide bonds. The predicted molar refractivity (Wildman–Crippen MR) is 90.3 cm³/mol. The van der Waals surface area contributed by atoms with Crippen molar-refractivity contribution in [3.05, 3.63) is 29.8 Å². The fourth-order valence-electron chi connectivity index (χ4n) is 2.96. The molecule has 2 fully saturated rings. The molecule has 1 saturated carbocycles. The van der Waals surface area contributed by atoms with E-state index in [-0.39, 0.29) is 18.5 Å². The number of hydrogen-bond acceptors (Lipinski definition) is 4. The molecule has 0 spiro atoms. The van der Waals surface area contributed by atoms with Gasteiger partial charge in [0, 0.05) is 36.9 Å². The molecular formula is C18H24N2O4. The summed E-state index contributed by atoms with van der Waals surface area (Å²) in [5, 5.41) is 9.11. The third-order valence-electron chi connectivity index (χ3n) is 4.63. The number of benzene rings is 1. The van der Waals surface area contributed by atoms with E-state index in [2.05, 4.69) is 4.90 Å². The van der Waals surface area contributed by atoms with Crippen molar-refractivity contribution in [1.82, 2.24) is 4.90 Å². The predicted octanol–water partition coefficient (Wildman–Crippen LogP) is 1.85. The highest BCUT2D eigenvalue weighted by Gasteiger charge is 2.34. The summed E-state index contributed by atoms with van der Waals surface area (Å²) in [6.07, 6.45) is 1.92. The van der Waals surface area contributed by atoms with Crippen LogP contribution in [0.25, 0.3) is 0 Å². The minimum atomic E-state index is -0.865. The van der Waals surface area contributed by atoms with Gasteiger partial charge in [-0.1, -0.05) is 6.92 Å². The molecule has 2 aliphatic rings. The summed E-state index contributed by atoms with van der Waals surface area (Å²) in [4.78, 5) is 27.8. The van der Waals surface area contributed by atoms with Crippen LogP contribution < -0.4 is 4.90 Å². The van der Waals surface area contributed by atoms with Gasteiger partial charge in [0.2, 0.25) is 0 Å². The number of rotatable bonds is 6. The van der Waals surface area contributed by atoms with Crippen molar-refractivity contribution in [2.24, 2.45) is 5.92 Å². The minimum Gasteiger partial charge on any atom is -0.481 e. The van der Waals surface area contributed by atoms with Crippen molar-refractivity contribution >= 4 is 17.6 Å². The van der Waals surface area contributed by atoms with Gasteiger partial charge < -0.3 is 19.6 Å². The first-order valence-corrected chi connectivity index (χ1v) is 8.53. The van der Waals surface area contributed by atoms with Gasteiger partial charge in [-0.15, -0.1) is 0 Å². The Balaban J connectivity index is 1.69. The molecule has 0 bridgehead atoms. The number of hydrogen-bond donors (Lipinski definition) is 1. The quantitative estimate of drug-likeness (QED) is 0.861. The number of nitrogens with zero attached hydrogens (tertiary/aromatic N) is 2. The molecule has 6 heteroatoms. The minimum absolute atomic E-state index is 0.0703. The molecule has 1 N–H and O–H groups in total. The van der Waals surface area contributed by atoms with E-state index in [0.717, 1.165) is 44.8 Å². The average Bonchev–Trinajstić information content (AvgIpc) is 3.44. The Morgan fingerprint density at radius 1 is 1.25 bits per heavy atom. The van der Waals surface area contributed by atoms with Crippen LogP contribution in [0, 0.1) is 5.92 Å². The highest BCUT2D eigenvalue weighted by molar-refractivity contribution is 5.95. The van der Waals surface area contributed by atoms with Gasteiger partial charge in [-0.25, -0.2) is 0 Å². The highest BCUT2D eigenvalue weighted by atomic mass is 16.5. The Labute approximate surface area is 142 Å². The van der Waals surface area contributed by atoms with Crippen LogP contribution in [0.4, 0.5) is 5.69 Å². The van der Waals surface area contributed by atoms with E-state index in [0.29, 0.717) is 5.56 Å². The van der Waals surface area contributed by atoms with Crippen LogP contribution in [0.5, 0.6) is 0 Å². The zero-order valence-corrected chi connectivity index (χ0v) is 14.0. The molecule has 1 aliphatic heterocycles. The maximum atomic E-state index is 12.8. The smallest absolute Gasteiger partial charge is 0.308 e. The van der Waals surface area contributed by atoms with Crippen molar-refractivity contribution in [3.8, 4) is 0 Å². The van der Waals surface area contributed by atoms with Crippen LogP contribution in [0.3, 0.4) is 0 Å². The van der Waals surface area contributed by atoms with Gasteiger partial charge >= 0.3 is 5.97 Å². The Morgan fingerprint density at radius 2 is 1.88 bits per heavy atom. The SMILES string of the molecule is CC(CN(C(=O)c1ccc(N2CCOCC2)cc1)C1CC1)C(=O)O. The maximum Gasteiger partial charge on any atom is 0.308 e. The summed E-state index contributed by atoms with van der Waals surface area (Å²) in [6, 6.07) is 7.80. The normalized spacial score (nSPS) is 19.0. The Morgan fingerprint density at radius 3 is 2.42 bits per heavy atom. The van der Waals surface area contributed by atoms with E-state index in [1.165, 1.54) is 0 Å². The lowest BCUT2D eigenvalue weighted by atomic mass is 10.1. The van der Waals surface area contributed by atoms with E-state index < -0.39 is 11.9 Å². The lowest BCUT2D eigenvalue weighted by molar-refractivity contribution is -0.141. The summed E-state index contributed by atoms with van der Waals surface area (Å²) < 4.78 is 5.35. The Hall–Kier alpha value is -2.08. The van der Waals surface area contributed by atoms with Gasteiger partial charge in [-0.3, -0.25) is 9.59 Å². The molecular weight excluding hydrogens is 308 g/mol. The van der Waals surface area contributed by atoms with Gasteiger partial charge in [0.25, 0.3) is 5.91 Å². The number of amides is 1. The molecule has 0 aromatic heterocycles. The first kappa shape index (κ1) is 16.8. The molecule has 1 aliphatic carbocycles. The number of carboxylic acid groups (broad SMARTS) is 1. The molecule has 1 heterocycles. The summed E-state index contributed by atoms with van der Waals surface area (Å²) in [6.45, 7) is 5.08. The number of aliphatic carboxylic acids is 1. The lowest BCUT2D eigenvalue weighted by Crippen LogP contribution is -2.38. The molecule has 1 aromatic carbocycles. The van der Waals surface area contributed by atoms with Gasteiger partial charge in [0.05, 0.1) is 19.1 Å². The molecule has 6 nitrogen and oxygen atoms in total.